The van der Waals surface area contributed by atoms with E-state index in [2.05, 4.69) is 10.6 Å². The van der Waals surface area contributed by atoms with Crippen LogP contribution in [0.3, 0.4) is 0 Å². The van der Waals surface area contributed by atoms with Crippen LogP contribution in [0.1, 0.15) is 21.5 Å². The van der Waals surface area contributed by atoms with Crippen LogP contribution in [-0.4, -0.2) is 25.5 Å². The maximum atomic E-state index is 13.1. The van der Waals surface area contributed by atoms with E-state index in [-0.39, 0.29) is 41.5 Å². The number of carbonyl (C=O) groups is 2. The molecule has 0 unspecified atom stereocenters. The van der Waals surface area contributed by atoms with Crippen molar-refractivity contribution >= 4 is 28.5 Å². The quantitative estimate of drug-likeness (QED) is 0.433. The number of rotatable bonds is 7. The molecule has 0 spiro atoms. The number of fused-ring (bicyclic) bond motifs is 1. The Hall–Kier alpha value is -4.23. The molecule has 0 fully saturated rings. The van der Waals surface area contributed by atoms with Gasteiger partial charge in [-0.1, -0.05) is 48.5 Å². The molecule has 7 heteroatoms. The van der Waals surface area contributed by atoms with Gasteiger partial charge in [-0.05, 0) is 36.8 Å². The van der Waals surface area contributed by atoms with Crippen molar-refractivity contribution in [2.45, 2.75) is 13.5 Å². The molecule has 0 saturated heterocycles. The molecule has 172 valence electrons. The average molecular weight is 456 g/mol. The summed E-state index contributed by atoms with van der Waals surface area (Å²) in [6.45, 7) is 1.90. The smallest absolute Gasteiger partial charge is 0.255 e. The Kier molecular flexibility index (Phi) is 6.85. The van der Waals surface area contributed by atoms with Crippen molar-refractivity contribution in [3.8, 4) is 11.3 Å². The minimum absolute atomic E-state index is 0.0440. The van der Waals surface area contributed by atoms with E-state index in [0.29, 0.717) is 22.4 Å². The number of carbonyl (C=O) groups excluding carboxylic acids is 2. The zero-order chi connectivity index (χ0) is 24.1. The number of hydrogen-bond acceptors (Lipinski definition) is 5. The first-order chi connectivity index (χ1) is 16.5. The highest BCUT2D eigenvalue weighted by molar-refractivity contribution is 6.05. The molecule has 34 heavy (non-hydrogen) atoms. The second-order valence-electron chi connectivity index (χ2n) is 7.80. The summed E-state index contributed by atoms with van der Waals surface area (Å²) in [7, 11) is 1.45. The second-order valence-corrected chi connectivity index (χ2v) is 7.80. The SMILES string of the molecule is COCC(=O)Nc1cccc(CNC(=O)c2cccc3c(=O)c(C)c(-c4ccccc4)oc23)c1. The van der Waals surface area contributed by atoms with Gasteiger partial charge in [0, 0.05) is 30.5 Å². The maximum Gasteiger partial charge on any atom is 0.255 e. The standard InChI is InChI=1S/C27H24N2O5/c1-17-24(31)21-12-7-13-22(26(21)34-25(17)19-9-4-3-5-10-19)27(32)28-15-18-8-6-11-20(14-18)29-23(30)16-33-2/h3-14H,15-16H2,1-2H3,(H,28,32)(H,29,30). The van der Waals surface area contributed by atoms with Crippen molar-refractivity contribution in [1.82, 2.24) is 5.32 Å². The highest BCUT2D eigenvalue weighted by Crippen LogP contribution is 2.27. The first-order valence-corrected chi connectivity index (χ1v) is 10.8. The first-order valence-electron chi connectivity index (χ1n) is 10.8. The van der Waals surface area contributed by atoms with Gasteiger partial charge in [0.2, 0.25) is 5.91 Å². The molecular weight excluding hydrogens is 432 g/mol. The Labute approximate surface area is 196 Å². The molecule has 0 saturated carbocycles. The predicted octanol–water partition coefficient (Wildman–Crippen LogP) is 4.28. The van der Waals surface area contributed by atoms with Gasteiger partial charge in [0.05, 0.1) is 10.9 Å². The number of benzene rings is 3. The number of methoxy groups -OCH3 is 1. The fourth-order valence-corrected chi connectivity index (χ4v) is 3.72. The Morgan fingerprint density at radius 2 is 1.74 bits per heavy atom. The third-order valence-electron chi connectivity index (χ3n) is 5.36. The summed E-state index contributed by atoms with van der Waals surface area (Å²) in [5.74, 6) is -0.192. The molecule has 0 radical (unpaired) electrons. The third kappa shape index (κ3) is 4.89. The summed E-state index contributed by atoms with van der Waals surface area (Å²) >= 11 is 0. The number of para-hydroxylation sites is 1. The lowest BCUT2D eigenvalue weighted by Gasteiger charge is -2.11. The Morgan fingerprint density at radius 1 is 0.971 bits per heavy atom. The molecule has 2 amide bonds. The fraction of sp³-hybridized carbons (Fsp3) is 0.148. The van der Waals surface area contributed by atoms with Crippen molar-refractivity contribution in [2.24, 2.45) is 0 Å². The van der Waals surface area contributed by atoms with Crippen LogP contribution in [0.25, 0.3) is 22.3 Å². The average Bonchev–Trinajstić information content (AvgIpc) is 2.85. The largest absolute Gasteiger partial charge is 0.455 e. The molecule has 1 aromatic heterocycles. The van der Waals surface area contributed by atoms with Crippen LogP contribution in [0.4, 0.5) is 5.69 Å². The van der Waals surface area contributed by atoms with Crippen molar-refractivity contribution in [1.29, 1.82) is 0 Å². The molecule has 0 aliphatic rings. The van der Waals surface area contributed by atoms with E-state index >= 15 is 0 Å². The summed E-state index contributed by atoms with van der Waals surface area (Å²) in [4.78, 5) is 37.8. The van der Waals surface area contributed by atoms with E-state index in [1.165, 1.54) is 7.11 Å². The number of amides is 2. The minimum atomic E-state index is -0.370. The van der Waals surface area contributed by atoms with Gasteiger partial charge in [-0.2, -0.15) is 0 Å². The topological polar surface area (TPSA) is 97.6 Å². The van der Waals surface area contributed by atoms with Gasteiger partial charge < -0.3 is 19.8 Å². The first kappa shape index (κ1) is 22.9. The van der Waals surface area contributed by atoms with E-state index in [1.54, 1.807) is 43.3 Å². The van der Waals surface area contributed by atoms with E-state index in [4.69, 9.17) is 9.15 Å². The van der Waals surface area contributed by atoms with Crippen molar-refractivity contribution in [3.05, 3.63) is 99.7 Å². The number of hydrogen-bond donors (Lipinski definition) is 2. The van der Waals surface area contributed by atoms with Gasteiger partial charge in [0.1, 0.15) is 12.4 Å². The summed E-state index contributed by atoms with van der Waals surface area (Å²) < 4.78 is 11.0. The highest BCUT2D eigenvalue weighted by Gasteiger charge is 2.18. The van der Waals surface area contributed by atoms with Gasteiger partial charge in [0.15, 0.2) is 11.0 Å². The zero-order valence-electron chi connectivity index (χ0n) is 18.9. The normalized spacial score (nSPS) is 10.8. The molecule has 4 aromatic rings. The zero-order valence-corrected chi connectivity index (χ0v) is 18.9. The van der Waals surface area contributed by atoms with Gasteiger partial charge in [-0.25, -0.2) is 0 Å². The third-order valence-corrected chi connectivity index (χ3v) is 5.36. The molecule has 2 N–H and O–H groups in total. The van der Waals surface area contributed by atoms with Gasteiger partial charge in [0.25, 0.3) is 5.91 Å². The van der Waals surface area contributed by atoms with Crippen molar-refractivity contribution < 1.29 is 18.7 Å². The van der Waals surface area contributed by atoms with E-state index in [1.807, 2.05) is 36.4 Å². The molecular formula is C27H24N2O5. The lowest BCUT2D eigenvalue weighted by Crippen LogP contribution is -2.24. The molecule has 0 bridgehead atoms. The highest BCUT2D eigenvalue weighted by atomic mass is 16.5. The van der Waals surface area contributed by atoms with Crippen LogP contribution in [-0.2, 0) is 16.1 Å². The summed E-state index contributed by atoms with van der Waals surface area (Å²) in [5.41, 5.74) is 3.00. The number of ether oxygens (including phenoxy) is 1. The van der Waals surface area contributed by atoms with Crippen molar-refractivity contribution in [3.63, 3.8) is 0 Å². The lowest BCUT2D eigenvalue weighted by atomic mass is 10.0. The molecule has 3 aromatic carbocycles. The Bertz CT molecular complexity index is 1410. The lowest BCUT2D eigenvalue weighted by molar-refractivity contribution is -0.119. The summed E-state index contributed by atoms with van der Waals surface area (Å²) in [6, 6.07) is 21.4. The van der Waals surface area contributed by atoms with Gasteiger partial charge >= 0.3 is 0 Å². The minimum Gasteiger partial charge on any atom is -0.455 e. The van der Waals surface area contributed by atoms with E-state index in [0.717, 1.165) is 11.1 Å². The van der Waals surface area contributed by atoms with Crippen LogP contribution in [0.15, 0.2) is 82.0 Å². The van der Waals surface area contributed by atoms with Crippen LogP contribution < -0.4 is 16.1 Å². The van der Waals surface area contributed by atoms with Crippen LogP contribution in [0, 0.1) is 6.92 Å². The molecule has 0 aliphatic carbocycles. The maximum absolute atomic E-state index is 13.1. The van der Waals surface area contributed by atoms with E-state index < -0.39 is 0 Å². The Morgan fingerprint density at radius 3 is 2.50 bits per heavy atom. The van der Waals surface area contributed by atoms with Crippen molar-refractivity contribution in [2.75, 3.05) is 19.0 Å². The summed E-state index contributed by atoms with van der Waals surface area (Å²) in [5, 5.41) is 5.96. The predicted molar refractivity (Wildman–Crippen MR) is 131 cm³/mol. The molecule has 0 aliphatic heterocycles. The molecule has 4 rings (SSSR count). The van der Waals surface area contributed by atoms with Gasteiger partial charge in [-0.15, -0.1) is 0 Å². The van der Waals surface area contributed by atoms with Crippen LogP contribution in [0.2, 0.25) is 0 Å². The van der Waals surface area contributed by atoms with Gasteiger partial charge in [-0.3, -0.25) is 14.4 Å². The fourth-order valence-electron chi connectivity index (χ4n) is 3.72. The monoisotopic (exact) mass is 456 g/mol. The number of nitrogens with one attached hydrogen (secondary N) is 2. The van der Waals surface area contributed by atoms with Crippen LogP contribution >= 0.6 is 0 Å². The molecule has 0 atom stereocenters. The summed E-state index contributed by atoms with van der Waals surface area (Å²) in [6.07, 6.45) is 0. The second kappa shape index (κ2) is 10.1. The molecule has 1 heterocycles. The van der Waals surface area contributed by atoms with E-state index in [9.17, 15) is 14.4 Å². The number of anilines is 1. The molecule has 7 nitrogen and oxygen atoms in total. The Balaban J connectivity index is 1.61. The van der Waals surface area contributed by atoms with Crippen LogP contribution in [0.5, 0.6) is 0 Å².